The van der Waals surface area contributed by atoms with Gasteiger partial charge in [0.2, 0.25) is 0 Å². The van der Waals surface area contributed by atoms with Crippen molar-refractivity contribution in [1.29, 1.82) is 5.26 Å². The first-order valence-corrected chi connectivity index (χ1v) is 7.84. The van der Waals surface area contributed by atoms with Gasteiger partial charge in [-0.3, -0.25) is 0 Å². The van der Waals surface area contributed by atoms with E-state index in [1.165, 1.54) is 0 Å². The molecule has 0 aliphatic carbocycles. The highest BCUT2D eigenvalue weighted by atomic mass is 32.2. The lowest BCUT2D eigenvalue weighted by molar-refractivity contribution is 0.675. The van der Waals surface area contributed by atoms with E-state index in [-0.39, 0.29) is 0 Å². The van der Waals surface area contributed by atoms with E-state index in [1.54, 1.807) is 29.3 Å². The van der Waals surface area contributed by atoms with Crippen LogP contribution in [0.1, 0.15) is 24.5 Å². The number of thiazole rings is 1. The molecule has 1 aromatic heterocycles. The van der Waals surface area contributed by atoms with Crippen molar-refractivity contribution >= 4 is 23.1 Å². The van der Waals surface area contributed by atoms with E-state index < -0.39 is 0 Å². The van der Waals surface area contributed by atoms with E-state index in [2.05, 4.69) is 29.4 Å². The first-order chi connectivity index (χ1) is 9.33. The Kier molecular flexibility index (Phi) is 5.40. The molecule has 2 aromatic rings. The van der Waals surface area contributed by atoms with Crippen molar-refractivity contribution in [3.8, 4) is 6.07 Å². The lowest BCUT2D eigenvalue weighted by Crippen LogP contribution is -2.13. The second-order valence-electron chi connectivity index (χ2n) is 4.02. The Morgan fingerprint density at radius 2 is 2.37 bits per heavy atom. The second kappa shape index (κ2) is 7.29. The molecule has 0 fully saturated rings. The molecule has 0 bridgehead atoms. The largest absolute Gasteiger partial charge is 0.313 e. The average molecular weight is 289 g/mol. The minimum atomic E-state index is 0.719. The number of hydrogen-bond donors (Lipinski definition) is 1. The zero-order chi connectivity index (χ0) is 13.5. The van der Waals surface area contributed by atoms with E-state index in [1.807, 2.05) is 17.5 Å². The summed E-state index contributed by atoms with van der Waals surface area (Å²) < 4.78 is 0.966. The summed E-state index contributed by atoms with van der Waals surface area (Å²) in [4.78, 5) is 5.20. The Morgan fingerprint density at radius 3 is 3.05 bits per heavy atom. The molecule has 1 heterocycles. The zero-order valence-corrected chi connectivity index (χ0v) is 12.4. The van der Waals surface area contributed by atoms with Crippen molar-refractivity contribution in [2.45, 2.75) is 29.1 Å². The Hall–Kier alpha value is -1.35. The smallest absolute Gasteiger partial charge is 0.154 e. The number of nitrogens with zero attached hydrogens (tertiary/aromatic N) is 2. The Morgan fingerprint density at radius 1 is 1.47 bits per heavy atom. The number of rotatable bonds is 6. The molecule has 0 unspecified atom stereocenters. The maximum atomic E-state index is 9.24. The molecule has 98 valence electrons. The maximum Gasteiger partial charge on any atom is 0.154 e. The van der Waals surface area contributed by atoms with Gasteiger partial charge < -0.3 is 5.32 Å². The SMILES string of the molecule is CCCNCc1ccc(Sc2nccs2)c(C#N)c1. The molecule has 0 amide bonds. The molecule has 0 atom stereocenters. The third kappa shape index (κ3) is 4.06. The summed E-state index contributed by atoms with van der Waals surface area (Å²) in [5, 5.41) is 14.5. The molecule has 0 aliphatic rings. The molecule has 2 rings (SSSR count). The van der Waals surface area contributed by atoms with Gasteiger partial charge in [0.1, 0.15) is 6.07 Å². The van der Waals surface area contributed by atoms with Crippen molar-refractivity contribution in [2.24, 2.45) is 0 Å². The van der Waals surface area contributed by atoms with Crippen LogP contribution >= 0.6 is 23.1 Å². The molecule has 0 aliphatic heterocycles. The van der Waals surface area contributed by atoms with Gasteiger partial charge in [-0.2, -0.15) is 5.26 Å². The summed E-state index contributed by atoms with van der Waals surface area (Å²) in [5.41, 5.74) is 1.87. The topological polar surface area (TPSA) is 48.7 Å². The quantitative estimate of drug-likeness (QED) is 0.824. The third-order valence-electron chi connectivity index (χ3n) is 2.53. The molecule has 19 heavy (non-hydrogen) atoms. The fourth-order valence-electron chi connectivity index (χ4n) is 1.63. The number of nitriles is 1. The van der Waals surface area contributed by atoms with Crippen LogP contribution in [0.25, 0.3) is 0 Å². The van der Waals surface area contributed by atoms with Crippen molar-refractivity contribution in [1.82, 2.24) is 10.3 Å². The van der Waals surface area contributed by atoms with Gasteiger partial charge in [0.05, 0.1) is 5.56 Å². The summed E-state index contributed by atoms with van der Waals surface area (Å²) in [6.45, 7) is 3.95. The van der Waals surface area contributed by atoms with Crippen LogP contribution in [0.4, 0.5) is 0 Å². The van der Waals surface area contributed by atoms with Gasteiger partial charge >= 0.3 is 0 Å². The minimum absolute atomic E-state index is 0.719. The van der Waals surface area contributed by atoms with Gasteiger partial charge in [0.25, 0.3) is 0 Å². The summed E-state index contributed by atoms with van der Waals surface area (Å²) in [5.74, 6) is 0. The number of aromatic nitrogens is 1. The minimum Gasteiger partial charge on any atom is -0.313 e. The number of hydrogen-bond acceptors (Lipinski definition) is 5. The molecule has 5 heteroatoms. The van der Waals surface area contributed by atoms with E-state index in [0.29, 0.717) is 0 Å². The standard InChI is InChI=1S/C14H15N3S2/c1-2-5-16-10-11-3-4-13(12(8-11)9-15)19-14-17-6-7-18-14/h3-4,6-8,16H,2,5,10H2,1H3. The van der Waals surface area contributed by atoms with Gasteiger partial charge in [-0.15, -0.1) is 11.3 Å². The Labute approximate surface area is 121 Å². The van der Waals surface area contributed by atoms with Crippen molar-refractivity contribution in [3.05, 3.63) is 40.9 Å². The number of benzene rings is 1. The highest BCUT2D eigenvalue weighted by Crippen LogP contribution is 2.31. The predicted octanol–water partition coefficient (Wildman–Crippen LogP) is 3.67. The first kappa shape index (κ1) is 14.1. The molecule has 0 saturated heterocycles. The van der Waals surface area contributed by atoms with Gasteiger partial charge in [-0.25, -0.2) is 4.98 Å². The normalized spacial score (nSPS) is 10.3. The van der Waals surface area contributed by atoms with E-state index >= 15 is 0 Å². The van der Waals surface area contributed by atoms with Gasteiger partial charge in [-0.05, 0) is 30.7 Å². The highest BCUT2D eigenvalue weighted by Gasteiger charge is 2.07. The number of nitrogens with one attached hydrogen (secondary N) is 1. The van der Waals surface area contributed by atoms with Crippen LogP contribution in [0.3, 0.4) is 0 Å². The van der Waals surface area contributed by atoms with Crippen LogP contribution < -0.4 is 5.32 Å². The maximum absolute atomic E-state index is 9.24. The van der Waals surface area contributed by atoms with E-state index in [9.17, 15) is 5.26 Å². The van der Waals surface area contributed by atoms with Crippen LogP contribution in [0, 0.1) is 11.3 Å². The van der Waals surface area contributed by atoms with Crippen LogP contribution in [0.5, 0.6) is 0 Å². The summed E-state index contributed by atoms with van der Waals surface area (Å²) >= 11 is 3.14. The van der Waals surface area contributed by atoms with Crippen LogP contribution in [0.15, 0.2) is 39.0 Å². The molecule has 0 saturated carbocycles. The van der Waals surface area contributed by atoms with E-state index in [0.717, 1.165) is 39.9 Å². The van der Waals surface area contributed by atoms with Crippen molar-refractivity contribution in [2.75, 3.05) is 6.54 Å². The fourth-order valence-corrected chi connectivity index (χ4v) is 3.27. The van der Waals surface area contributed by atoms with Crippen LogP contribution in [-0.2, 0) is 6.54 Å². The summed E-state index contributed by atoms with van der Waals surface area (Å²) in [6.07, 6.45) is 2.89. The van der Waals surface area contributed by atoms with Gasteiger partial charge in [0, 0.05) is 23.0 Å². The van der Waals surface area contributed by atoms with Crippen molar-refractivity contribution < 1.29 is 0 Å². The monoisotopic (exact) mass is 289 g/mol. The highest BCUT2D eigenvalue weighted by molar-refractivity contribution is 8.01. The second-order valence-corrected chi connectivity index (χ2v) is 6.20. The van der Waals surface area contributed by atoms with Crippen LogP contribution in [0.2, 0.25) is 0 Å². The average Bonchev–Trinajstić information content (AvgIpc) is 2.93. The first-order valence-electron chi connectivity index (χ1n) is 6.14. The summed E-state index contributed by atoms with van der Waals surface area (Å²) in [6, 6.07) is 8.30. The zero-order valence-electron chi connectivity index (χ0n) is 10.7. The van der Waals surface area contributed by atoms with Gasteiger partial charge in [0.15, 0.2) is 4.34 Å². The lowest BCUT2D eigenvalue weighted by Gasteiger charge is -2.06. The molecular weight excluding hydrogens is 274 g/mol. The Balaban J connectivity index is 2.10. The molecule has 3 nitrogen and oxygen atoms in total. The summed E-state index contributed by atoms with van der Waals surface area (Å²) in [7, 11) is 0. The lowest BCUT2D eigenvalue weighted by atomic mass is 10.1. The Bertz CT molecular complexity index is 559. The third-order valence-corrected chi connectivity index (χ3v) is 4.49. The predicted molar refractivity (Wildman–Crippen MR) is 79.4 cm³/mol. The van der Waals surface area contributed by atoms with Crippen LogP contribution in [-0.4, -0.2) is 11.5 Å². The molecular formula is C14H15N3S2. The molecule has 0 spiro atoms. The fraction of sp³-hybridized carbons (Fsp3) is 0.286. The van der Waals surface area contributed by atoms with Gasteiger partial charge in [-0.1, -0.05) is 24.8 Å². The molecule has 0 radical (unpaired) electrons. The molecule has 1 N–H and O–H groups in total. The molecule has 1 aromatic carbocycles. The van der Waals surface area contributed by atoms with Crippen molar-refractivity contribution in [3.63, 3.8) is 0 Å². The van der Waals surface area contributed by atoms with E-state index in [4.69, 9.17) is 0 Å².